The molecule has 0 saturated carbocycles. The van der Waals surface area contributed by atoms with Crippen molar-refractivity contribution < 1.29 is 33.4 Å². The van der Waals surface area contributed by atoms with Gasteiger partial charge in [0.05, 0.1) is 17.8 Å². The summed E-state index contributed by atoms with van der Waals surface area (Å²) in [6.45, 7) is 14.6. The Hall–Kier alpha value is -6.41. The molecular weight excluding hydrogens is 877 g/mol. The molecule has 6 heterocycles. The fraction of sp³-hybridized carbons (Fsp3) is 0.442. The molecule has 0 aliphatic carbocycles. The first-order valence-corrected chi connectivity index (χ1v) is 27.4. The van der Waals surface area contributed by atoms with E-state index in [1.165, 1.54) is 4.90 Å². The van der Waals surface area contributed by atoms with Gasteiger partial charge in [-0.05, 0) is 114 Å². The molecule has 3 aliphatic rings. The van der Waals surface area contributed by atoms with Crippen LogP contribution in [0.4, 0.5) is 10.6 Å². The van der Waals surface area contributed by atoms with Crippen molar-refractivity contribution in [2.24, 2.45) is 0 Å². The third kappa shape index (κ3) is 11.0. The molecule has 3 aliphatic heterocycles. The van der Waals surface area contributed by atoms with Gasteiger partial charge in [-0.25, -0.2) is 14.3 Å². The van der Waals surface area contributed by atoms with E-state index in [0.717, 1.165) is 71.6 Å². The van der Waals surface area contributed by atoms with Gasteiger partial charge in [0.25, 0.3) is 17.7 Å². The molecule has 68 heavy (non-hydrogen) atoms. The average Bonchev–Trinajstić information content (AvgIpc) is 4.09. The van der Waals surface area contributed by atoms with Crippen LogP contribution in [0, 0.1) is 11.8 Å². The number of nitrogens with zero attached hydrogens (tertiary/aromatic N) is 7. The minimum Gasteiger partial charge on any atom is -0.443 e. The lowest BCUT2D eigenvalue weighted by molar-refractivity contribution is -0.158. The molecule has 2 aromatic carbocycles. The lowest BCUT2D eigenvalue weighted by atomic mass is 10.0. The predicted octanol–water partition coefficient (Wildman–Crippen LogP) is 8.71. The van der Waals surface area contributed by atoms with Crippen molar-refractivity contribution in [1.82, 2.24) is 34.0 Å². The standard InChI is InChI=1S/C52H62N8O7Si/c1-52(2,3)67-51(65)60-44-29-46(53-30-38(44)28-45(60)42-17-13-24-56(42)4)55-48(62)37-20-18-35(19-21-37)39-31-54-57(32-39)25-11-9-8-10-14-36-15-12-16-40-41(36)33-58(49(40)63)43-22-23-47(61)59(50(43)64)34-66-26-27-68(5,6)7/h12,15-16,18-21,28-32,42-43H,8-9,11,13,17,22-27,33-34H2,1-7H3,(H,53,55,62)/t42-,43?/m1/s1. The van der Waals surface area contributed by atoms with Crippen molar-refractivity contribution >= 4 is 54.5 Å². The first-order chi connectivity index (χ1) is 32.4. The highest BCUT2D eigenvalue weighted by Crippen LogP contribution is 2.36. The third-order valence-electron chi connectivity index (χ3n) is 12.7. The SMILES string of the molecule is CN1CCC[C@@H]1c1cc2cnc(NC(=O)c3ccc(-c4cnn(CCCCC#Cc5cccc6c5CN(C5CCC(=O)N(COCC[Si](C)(C)C)C5=O)C6=O)c4)cc3)cc2n1C(=O)OC(C)(C)C. The molecule has 4 amide bonds. The van der Waals surface area contributed by atoms with Crippen molar-refractivity contribution in [2.75, 3.05) is 32.2 Å². The van der Waals surface area contributed by atoms with Crippen LogP contribution < -0.4 is 5.32 Å². The number of carbonyl (C=O) groups excluding carboxylic acids is 5. The monoisotopic (exact) mass is 938 g/mol. The highest BCUT2D eigenvalue weighted by Gasteiger charge is 2.43. The molecule has 8 rings (SSSR count). The number of amides is 4. The second-order valence-electron chi connectivity index (χ2n) is 20.3. The first-order valence-electron chi connectivity index (χ1n) is 23.7. The van der Waals surface area contributed by atoms with Crippen molar-refractivity contribution in [3.05, 3.63) is 101 Å². The zero-order valence-electron chi connectivity index (χ0n) is 40.3. The lowest BCUT2D eigenvalue weighted by Gasteiger charge is -2.35. The summed E-state index contributed by atoms with van der Waals surface area (Å²) in [5.41, 5.74) is 5.24. The minimum absolute atomic E-state index is 0.0671. The zero-order chi connectivity index (χ0) is 48.3. The van der Waals surface area contributed by atoms with Crippen LogP contribution in [0.25, 0.3) is 22.0 Å². The van der Waals surface area contributed by atoms with Crippen molar-refractivity contribution in [3.8, 4) is 23.0 Å². The van der Waals surface area contributed by atoms with E-state index in [-0.39, 0.29) is 49.4 Å². The molecule has 15 nitrogen and oxygen atoms in total. The Morgan fingerprint density at radius 1 is 0.956 bits per heavy atom. The summed E-state index contributed by atoms with van der Waals surface area (Å²) in [5, 5.41) is 8.27. The molecule has 3 aromatic heterocycles. The van der Waals surface area contributed by atoms with Crippen molar-refractivity contribution in [1.29, 1.82) is 0 Å². The number of benzene rings is 2. The Morgan fingerprint density at radius 3 is 2.49 bits per heavy atom. The topological polar surface area (TPSA) is 161 Å². The number of anilines is 1. The Labute approximate surface area is 399 Å². The van der Waals surface area contributed by atoms with Gasteiger partial charge in [-0.3, -0.25) is 33.7 Å². The summed E-state index contributed by atoms with van der Waals surface area (Å²) in [6, 6.07) is 16.8. The number of fused-ring (bicyclic) bond motifs is 2. The Kier molecular flexibility index (Phi) is 14.2. The molecule has 356 valence electrons. The number of piperidine rings is 1. The number of unbranched alkanes of at least 4 members (excludes halogenated alkanes) is 2. The van der Waals surface area contributed by atoms with Crippen LogP contribution in [-0.4, -0.2) is 110 Å². The number of carbonyl (C=O) groups is 5. The molecule has 5 aromatic rings. The van der Waals surface area contributed by atoms with Crippen LogP contribution in [0.15, 0.2) is 73.2 Å². The van der Waals surface area contributed by atoms with Crippen molar-refractivity contribution in [2.45, 2.75) is 122 Å². The van der Waals surface area contributed by atoms with Gasteiger partial charge in [0, 0.05) is 92.4 Å². The number of nitrogens with one attached hydrogen (secondary N) is 1. The first kappa shape index (κ1) is 48.1. The van der Waals surface area contributed by atoms with E-state index in [2.05, 4.69) is 58.8 Å². The van der Waals surface area contributed by atoms with Gasteiger partial charge in [-0.15, -0.1) is 0 Å². The van der Waals surface area contributed by atoms with E-state index < -0.39 is 25.8 Å². The maximum atomic E-state index is 13.6. The van der Waals surface area contributed by atoms with E-state index >= 15 is 0 Å². The van der Waals surface area contributed by atoms with Crippen LogP contribution in [-0.2, 0) is 32.2 Å². The van der Waals surface area contributed by atoms with Crippen LogP contribution in [0.2, 0.25) is 25.7 Å². The van der Waals surface area contributed by atoms with Crippen LogP contribution in [0.5, 0.6) is 0 Å². The van der Waals surface area contributed by atoms with Gasteiger partial charge in [0.15, 0.2) is 0 Å². The molecule has 2 fully saturated rings. The molecular formula is C52H62N8O7Si. The molecule has 16 heteroatoms. The highest BCUT2D eigenvalue weighted by molar-refractivity contribution is 6.76. The number of aryl methyl sites for hydroxylation is 1. The van der Waals surface area contributed by atoms with Crippen LogP contribution >= 0.6 is 0 Å². The Balaban J connectivity index is 0.828. The fourth-order valence-corrected chi connectivity index (χ4v) is 9.77. The summed E-state index contributed by atoms with van der Waals surface area (Å²) < 4.78 is 15.1. The van der Waals surface area contributed by atoms with E-state index in [1.807, 2.05) is 68.2 Å². The quantitative estimate of drug-likeness (QED) is 0.0494. The van der Waals surface area contributed by atoms with Gasteiger partial charge in [0.2, 0.25) is 5.91 Å². The summed E-state index contributed by atoms with van der Waals surface area (Å²) in [7, 11) is 0.733. The molecule has 2 atom stereocenters. The summed E-state index contributed by atoms with van der Waals surface area (Å²) in [5.74, 6) is 5.70. The smallest absolute Gasteiger partial charge is 0.419 e. The van der Waals surface area contributed by atoms with Gasteiger partial charge in [-0.2, -0.15) is 5.10 Å². The van der Waals surface area contributed by atoms with Gasteiger partial charge < -0.3 is 19.7 Å². The van der Waals surface area contributed by atoms with Crippen LogP contribution in [0.3, 0.4) is 0 Å². The third-order valence-corrected chi connectivity index (χ3v) is 14.4. The maximum absolute atomic E-state index is 13.6. The average molecular weight is 939 g/mol. The molecule has 0 radical (unpaired) electrons. The van der Waals surface area contributed by atoms with Gasteiger partial charge in [-0.1, -0.05) is 49.7 Å². The molecule has 1 unspecified atom stereocenters. The number of aromatic nitrogens is 4. The number of ether oxygens (including phenoxy) is 2. The summed E-state index contributed by atoms with van der Waals surface area (Å²) >= 11 is 0. The fourth-order valence-electron chi connectivity index (χ4n) is 9.02. The molecule has 0 spiro atoms. The Morgan fingerprint density at radius 2 is 1.75 bits per heavy atom. The van der Waals surface area contributed by atoms with E-state index in [1.54, 1.807) is 39.9 Å². The largest absolute Gasteiger partial charge is 0.443 e. The second kappa shape index (κ2) is 20.0. The minimum atomic E-state index is -1.33. The van der Waals surface area contributed by atoms with Gasteiger partial charge >= 0.3 is 6.09 Å². The summed E-state index contributed by atoms with van der Waals surface area (Å²) in [6.07, 6.45) is 9.82. The number of imide groups is 1. The number of pyridine rings is 1. The lowest BCUT2D eigenvalue weighted by Crippen LogP contribution is -2.55. The number of rotatable bonds is 14. The van der Waals surface area contributed by atoms with Crippen LogP contribution in [0.1, 0.15) is 109 Å². The number of hydrogen-bond acceptors (Lipinski definition) is 10. The Bertz CT molecular complexity index is 2790. The number of likely N-dealkylation sites (tertiary alicyclic amines) is 2. The van der Waals surface area contributed by atoms with E-state index in [4.69, 9.17) is 9.47 Å². The second-order valence-corrected chi connectivity index (χ2v) is 25.9. The molecule has 0 bridgehead atoms. The molecule has 1 N–H and O–H groups in total. The maximum Gasteiger partial charge on any atom is 0.419 e. The highest BCUT2D eigenvalue weighted by atomic mass is 28.3. The molecule has 2 saturated heterocycles. The number of hydrogen-bond donors (Lipinski definition) is 1. The van der Waals surface area contributed by atoms with Crippen molar-refractivity contribution in [3.63, 3.8) is 0 Å². The van der Waals surface area contributed by atoms with E-state index in [9.17, 15) is 24.0 Å². The van der Waals surface area contributed by atoms with E-state index in [0.29, 0.717) is 48.5 Å². The predicted molar refractivity (Wildman–Crippen MR) is 262 cm³/mol. The normalized spacial score (nSPS) is 17.7. The summed E-state index contributed by atoms with van der Waals surface area (Å²) in [4.78, 5) is 76.3. The zero-order valence-corrected chi connectivity index (χ0v) is 41.3. The van der Waals surface area contributed by atoms with Gasteiger partial charge in [0.1, 0.15) is 24.2 Å².